The van der Waals surface area contributed by atoms with E-state index in [0.717, 1.165) is 38.5 Å². The quantitative estimate of drug-likeness (QED) is 0.0278. The van der Waals surface area contributed by atoms with E-state index in [1.54, 1.807) is 0 Å². The predicted octanol–water partition coefficient (Wildman–Crippen LogP) is 21.1. The molecule has 0 heterocycles. The van der Waals surface area contributed by atoms with Crippen LogP contribution in [0.5, 0.6) is 0 Å². The molecule has 0 saturated heterocycles. The maximum atomic E-state index is 12.9. The van der Waals surface area contributed by atoms with E-state index in [9.17, 15) is 19.5 Å². The molecule has 78 heavy (non-hydrogen) atoms. The monoisotopic (exact) mass is 1110 g/mol. The molecule has 0 aromatic heterocycles. The van der Waals surface area contributed by atoms with Crippen molar-refractivity contribution in [3.63, 3.8) is 0 Å². The van der Waals surface area contributed by atoms with Crippen molar-refractivity contribution in [3.8, 4) is 0 Å². The van der Waals surface area contributed by atoms with Gasteiger partial charge in [-0.25, -0.2) is 4.79 Å². The van der Waals surface area contributed by atoms with Gasteiger partial charge in [0.1, 0.15) is 13.2 Å². The van der Waals surface area contributed by atoms with E-state index in [0.29, 0.717) is 17.4 Å². The normalized spacial score (nSPS) is 12.6. The van der Waals surface area contributed by atoms with Crippen molar-refractivity contribution in [1.29, 1.82) is 0 Å². The Hall–Kier alpha value is -1.71. The van der Waals surface area contributed by atoms with Gasteiger partial charge in [-0.15, -0.1) is 0 Å². The number of nitrogens with zero attached hydrogens (tertiary/aromatic N) is 1. The van der Waals surface area contributed by atoms with E-state index in [2.05, 4.69) is 13.8 Å². The molecule has 0 spiro atoms. The van der Waals surface area contributed by atoms with Crippen LogP contribution in [-0.4, -0.2) is 87.4 Å². The van der Waals surface area contributed by atoms with Crippen LogP contribution in [-0.2, 0) is 33.3 Å². The highest BCUT2D eigenvalue weighted by atomic mass is 16.7. The van der Waals surface area contributed by atoms with Gasteiger partial charge in [0.2, 0.25) is 0 Å². The number of carboxylic acids is 1. The van der Waals surface area contributed by atoms with Gasteiger partial charge in [-0.2, -0.15) is 0 Å². The van der Waals surface area contributed by atoms with Gasteiger partial charge in [0.25, 0.3) is 6.29 Å². The number of esters is 2. The van der Waals surface area contributed by atoms with Crippen molar-refractivity contribution in [2.24, 2.45) is 0 Å². The summed E-state index contributed by atoms with van der Waals surface area (Å²) in [6, 6.07) is 0. The third kappa shape index (κ3) is 61.9. The van der Waals surface area contributed by atoms with Gasteiger partial charge in [-0.05, 0) is 12.8 Å². The molecule has 9 heteroatoms. The summed E-state index contributed by atoms with van der Waals surface area (Å²) in [7, 11) is 6.00. The van der Waals surface area contributed by atoms with Crippen LogP contribution in [0.3, 0.4) is 0 Å². The molecule has 0 radical (unpaired) electrons. The third-order valence-corrected chi connectivity index (χ3v) is 16.1. The largest absolute Gasteiger partial charge is 0.477 e. The molecule has 0 aromatic rings. The molecule has 0 fully saturated rings. The number of unbranched alkanes of at least 4 members (excludes halogenated alkanes) is 51. The van der Waals surface area contributed by atoms with Crippen molar-refractivity contribution in [2.75, 3.05) is 47.5 Å². The summed E-state index contributed by atoms with van der Waals surface area (Å²) in [6.07, 6.45) is 69.3. The molecule has 1 N–H and O–H groups in total. The second-order valence-electron chi connectivity index (χ2n) is 25.2. The van der Waals surface area contributed by atoms with E-state index in [1.807, 2.05) is 21.1 Å². The Kier molecular flexibility index (Phi) is 60.0. The highest BCUT2D eigenvalue weighted by molar-refractivity contribution is 5.71. The van der Waals surface area contributed by atoms with Crippen molar-refractivity contribution >= 4 is 17.9 Å². The Labute approximate surface area is 485 Å². The summed E-state index contributed by atoms with van der Waals surface area (Å²) in [5, 5.41) is 9.74. The Balaban J connectivity index is 4.05. The van der Waals surface area contributed by atoms with Crippen LogP contribution in [0.15, 0.2) is 0 Å². The lowest BCUT2D eigenvalue weighted by atomic mass is 10.0. The fourth-order valence-corrected chi connectivity index (χ4v) is 10.8. The molecule has 2 unspecified atom stereocenters. The van der Waals surface area contributed by atoms with Crippen LogP contribution < -0.4 is 0 Å². The summed E-state index contributed by atoms with van der Waals surface area (Å²) < 4.78 is 23.0. The smallest absolute Gasteiger partial charge is 0.361 e. The number of quaternary nitrogens is 1. The number of carboxylic acid groups (broad SMARTS) is 1. The van der Waals surface area contributed by atoms with Crippen molar-refractivity contribution in [3.05, 3.63) is 0 Å². The van der Waals surface area contributed by atoms with Crippen LogP contribution >= 0.6 is 0 Å². The molecule has 2 atom stereocenters. The molecule has 0 bridgehead atoms. The fraction of sp³-hybridized carbons (Fsp3) is 0.957. The standard InChI is InChI=1S/C69H135NO8/c1-6-8-10-12-14-16-18-20-22-24-26-28-30-32-33-34-35-36-38-40-42-44-46-48-50-52-54-56-58-60-67(72)78-65(64-77-69(68(73)74)75-62-61-70(3,4)5)63-76-66(71)59-57-55-53-51-49-47-45-43-41-39-37-31-29-27-25-23-21-19-17-15-13-11-9-7-2/h65,69H,6-64H2,1-5H3/p+1. The van der Waals surface area contributed by atoms with Gasteiger partial charge in [0, 0.05) is 12.8 Å². The first kappa shape index (κ1) is 76.3. The topological polar surface area (TPSA) is 108 Å². The second-order valence-corrected chi connectivity index (χ2v) is 25.2. The zero-order valence-electron chi connectivity index (χ0n) is 53.1. The molecular formula is C69H136NO8+. The van der Waals surface area contributed by atoms with Gasteiger partial charge in [-0.1, -0.05) is 341 Å². The highest BCUT2D eigenvalue weighted by Gasteiger charge is 2.25. The van der Waals surface area contributed by atoms with Crippen molar-refractivity contribution in [2.45, 2.75) is 379 Å². The molecule has 0 rings (SSSR count). The van der Waals surface area contributed by atoms with Crippen LogP contribution in [0.1, 0.15) is 367 Å². The van der Waals surface area contributed by atoms with Gasteiger partial charge >= 0.3 is 17.9 Å². The average molecular weight is 1110 g/mol. The summed E-state index contributed by atoms with van der Waals surface area (Å²) in [4.78, 5) is 37.6. The SMILES string of the molecule is CCCCCCCCCCCCCCCCCCCCCCCCCCCCCCCC(=O)OC(COC(=O)CCCCCCCCCCCCCCCCCCCCCCCCCC)COC(OCC[N+](C)(C)C)C(=O)O. The molecule has 0 saturated carbocycles. The van der Waals surface area contributed by atoms with Crippen LogP contribution in [0.25, 0.3) is 0 Å². The molecule has 0 aliphatic heterocycles. The lowest BCUT2D eigenvalue weighted by Crippen LogP contribution is -2.40. The third-order valence-electron chi connectivity index (χ3n) is 16.1. The highest BCUT2D eigenvalue weighted by Crippen LogP contribution is 2.19. The molecular weight excluding hydrogens is 971 g/mol. The summed E-state index contributed by atoms with van der Waals surface area (Å²) in [5.41, 5.74) is 0. The molecule has 0 aromatic carbocycles. The first-order chi connectivity index (χ1) is 38.1. The van der Waals surface area contributed by atoms with Gasteiger partial charge in [0.05, 0.1) is 34.4 Å². The number of ether oxygens (including phenoxy) is 4. The van der Waals surface area contributed by atoms with Gasteiger partial charge < -0.3 is 28.5 Å². The molecule has 0 aliphatic rings. The van der Waals surface area contributed by atoms with Crippen LogP contribution in [0, 0.1) is 0 Å². The summed E-state index contributed by atoms with van der Waals surface area (Å²) in [5.74, 6) is -1.97. The summed E-state index contributed by atoms with van der Waals surface area (Å²) in [6.45, 7) is 4.97. The van der Waals surface area contributed by atoms with Gasteiger partial charge in [0.15, 0.2) is 6.10 Å². The van der Waals surface area contributed by atoms with E-state index >= 15 is 0 Å². The first-order valence-corrected chi connectivity index (χ1v) is 34.7. The molecule has 464 valence electrons. The van der Waals surface area contributed by atoms with E-state index in [4.69, 9.17) is 18.9 Å². The van der Waals surface area contributed by atoms with Crippen LogP contribution in [0.2, 0.25) is 0 Å². The fourth-order valence-electron chi connectivity index (χ4n) is 10.8. The number of hydrogen-bond donors (Lipinski definition) is 1. The summed E-state index contributed by atoms with van der Waals surface area (Å²) >= 11 is 0. The minimum absolute atomic E-state index is 0.172. The minimum atomic E-state index is -1.50. The zero-order valence-corrected chi connectivity index (χ0v) is 53.1. The number of carbonyl (C=O) groups is 3. The first-order valence-electron chi connectivity index (χ1n) is 34.7. The Morgan fingerprint density at radius 2 is 0.577 bits per heavy atom. The maximum absolute atomic E-state index is 12.9. The number of hydrogen-bond acceptors (Lipinski definition) is 7. The Bertz CT molecular complexity index is 1240. The predicted molar refractivity (Wildman–Crippen MR) is 332 cm³/mol. The van der Waals surface area contributed by atoms with Crippen LogP contribution in [0.4, 0.5) is 0 Å². The second kappa shape index (κ2) is 61.4. The van der Waals surface area contributed by atoms with Crippen molar-refractivity contribution in [1.82, 2.24) is 0 Å². The zero-order chi connectivity index (χ0) is 56.9. The lowest BCUT2D eigenvalue weighted by molar-refractivity contribution is -0.870. The molecule has 0 aliphatic carbocycles. The minimum Gasteiger partial charge on any atom is -0.477 e. The van der Waals surface area contributed by atoms with Crippen molar-refractivity contribution < 1.29 is 42.9 Å². The van der Waals surface area contributed by atoms with Gasteiger partial charge in [-0.3, -0.25) is 9.59 Å². The van der Waals surface area contributed by atoms with E-state index < -0.39 is 18.4 Å². The molecule has 9 nitrogen and oxygen atoms in total. The number of carbonyl (C=O) groups excluding carboxylic acids is 2. The number of rotatable bonds is 66. The Morgan fingerprint density at radius 3 is 0.821 bits per heavy atom. The molecule has 0 amide bonds. The maximum Gasteiger partial charge on any atom is 0.361 e. The van der Waals surface area contributed by atoms with E-state index in [-0.39, 0.29) is 38.2 Å². The lowest BCUT2D eigenvalue weighted by Gasteiger charge is -2.25. The average Bonchev–Trinajstić information content (AvgIpc) is 3.41. The van der Waals surface area contributed by atoms with E-state index in [1.165, 1.54) is 302 Å². The number of likely N-dealkylation sites (N-methyl/N-ethyl adjacent to an activating group) is 1. The number of aliphatic carboxylic acids is 1. The Morgan fingerprint density at radius 1 is 0.333 bits per heavy atom.